The molecule has 1 N–H and O–H groups in total. The molecule has 1 aliphatic rings. The molecule has 0 saturated carbocycles. The van der Waals surface area contributed by atoms with E-state index in [1.165, 1.54) is 62.7 Å². The summed E-state index contributed by atoms with van der Waals surface area (Å²) in [5.41, 5.74) is 2.76. The van der Waals surface area contributed by atoms with Gasteiger partial charge in [-0.05, 0) is 51.8 Å². The average Bonchev–Trinajstić information content (AvgIpc) is 2.74. The molecule has 1 aromatic carbocycles. The molecule has 2 rings (SSSR count). The molecule has 21 heavy (non-hydrogen) atoms. The van der Waals surface area contributed by atoms with Gasteiger partial charge in [-0.2, -0.15) is 0 Å². The Morgan fingerprint density at radius 3 is 2.62 bits per heavy atom. The van der Waals surface area contributed by atoms with E-state index in [2.05, 4.69) is 55.4 Å². The van der Waals surface area contributed by atoms with Crippen LogP contribution >= 0.6 is 0 Å². The highest BCUT2D eigenvalue weighted by Gasteiger charge is 2.20. The number of likely N-dealkylation sites (tertiary alicyclic amines) is 1. The number of nitrogens with zero attached hydrogens (tertiary/aromatic N) is 1. The third-order valence-corrected chi connectivity index (χ3v) is 5.00. The third-order valence-electron chi connectivity index (χ3n) is 5.00. The van der Waals surface area contributed by atoms with Gasteiger partial charge in [0.05, 0.1) is 0 Å². The number of rotatable bonds is 6. The zero-order valence-electron chi connectivity index (χ0n) is 14.1. The lowest BCUT2D eigenvalue weighted by atomic mass is 10.0. The molecular weight excluding hydrogens is 256 g/mol. The Morgan fingerprint density at radius 2 is 1.95 bits per heavy atom. The highest BCUT2D eigenvalue weighted by Crippen LogP contribution is 2.22. The van der Waals surface area contributed by atoms with Crippen molar-refractivity contribution in [2.75, 3.05) is 20.1 Å². The van der Waals surface area contributed by atoms with Gasteiger partial charge in [-0.1, -0.05) is 49.6 Å². The fraction of sp³-hybridized carbons (Fsp3) is 0.684. The summed E-state index contributed by atoms with van der Waals surface area (Å²) >= 11 is 0. The Kier molecular flexibility index (Phi) is 6.72. The molecule has 0 bridgehead atoms. The molecule has 0 radical (unpaired) electrons. The van der Waals surface area contributed by atoms with Gasteiger partial charge in [0.1, 0.15) is 0 Å². The van der Waals surface area contributed by atoms with Crippen LogP contribution in [0.4, 0.5) is 0 Å². The number of hydrogen-bond acceptors (Lipinski definition) is 2. The maximum atomic E-state index is 3.50. The molecule has 2 nitrogen and oxygen atoms in total. The highest BCUT2D eigenvalue weighted by molar-refractivity contribution is 5.24. The number of hydrogen-bond donors (Lipinski definition) is 1. The third kappa shape index (κ3) is 4.82. The van der Waals surface area contributed by atoms with Gasteiger partial charge in [-0.25, -0.2) is 0 Å². The Hall–Kier alpha value is -0.860. The van der Waals surface area contributed by atoms with Crippen molar-refractivity contribution in [1.82, 2.24) is 10.2 Å². The van der Waals surface area contributed by atoms with Crippen molar-refractivity contribution in [3.05, 3.63) is 35.4 Å². The first-order chi connectivity index (χ1) is 10.2. The fourth-order valence-corrected chi connectivity index (χ4v) is 3.56. The molecular formula is C19H32N2. The van der Waals surface area contributed by atoms with E-state index in [1.54, 1.807) is 0 Å². The maximum absolute atomic E-state index is 3.50. The molecule has 1 heterocycles. The van der Waals surface area contributed by atoms with Crippen LogP contribution in [-0.4, -0.2) is 31.1 Å². The van der Waals surface area contributed by atoms with Crippen molar-refractivity contribution in [2.24, 2.45) is 0 Å². The van der Waals surface area contributed by atoms with Crippen LogP contribution in [0.1, 0.15) is 62.6 Å². The second-order valence-corrected chi connectivity index (χ2v) is 6.49. The lowest BCUT2D eigenvalue weighted by Gasteiger charge is -2.30. The predicted octanol–water partition coefficient (Wildman–Crippen LogP) is 4.30. The van der Waals surface area contributed by atoms with E-state index in [0.29, 0.717) is 6.04 Å². The zero-order valence-corrected chi connectivity index (χ0v) is 14.1. The topological polar surface area (TPSA) is 15.3 Å². The SMILES string of the molecule is CCC1CCCCCN1CCC(NC)c1ccc(C)cc1. The minimum Gasteiger partial charge on any atom is -0.313 e. The molecule has 1 aliphatic heterocycles. The molecule has 118 valence electrons. The summed E-state index contributed by atoms with van der Waals surface area (Å²) in [7, 11) is 2.09. The van der Waals surface area contributed by atoms with Gasteiger partial charge in [-0.3, -0.25) is 0 Å². The Balaban J connectivity index is 1.93. The molecule has 2 atom stereocenters. The second-order valence-electron chi connectivity index (χ2n) is 6.49. The van der Waals surface area contributed by atoms with E-state index >= 15 is 0 Å². The average molecular weight is 288 g/mol. The van der Waals surface area contributed by atoms with Crippen LogP contribution in [0, 0.1) is 6.92 Å². The summed E-state index contributed by atoms with van der Waals surface area (Å²) in [5, 5.41) is 3.50. The van der Waals surface area contributed by atoms with Crippen LogP contribution in [-0.2, 0) is 0 Å². The van der Waals surface area contributed by atoms with Crippen molar-refractivity contribution < 1.29 is 0 Å². The monoisotopic (exact) mass is 288 g/mol. The van der Waals surface area contributed by atoms with Gasteiger partial charge in [0.25, 0.3) is 0 Å². The minimum atomic E-state index is 0.478. The molecule has 1 saturated heterocycles. The molecule has 1 aromatic rings. The first kappa shape index (κ1) is 16.5. The maximum Gasteiger partial charge on any atom is 0.0329 e. The molecule has 2 heteroatoms. The van der Waals surface area contributed by atoms with Crippen molar-refractivity contribution in [2.45, 2.75) is 64.5 Å². The minimum absolute atomic E-state index is 0.478. The summed E-state index contributed by atoms with van der Waals surface area (Å²) in [6.07, 6.45) is 8.12. The Labute approximate surface area is 130 Å². The lowest BCUT2D eigenvalue weighted by Crippen LogP contribution is -2.36. The van der Waals surface area contributed by atoms with Crippen LogP contribution < -0.4 is 5.32 Å². The number of aryl methyl sites for hydroxylation is 1. The highest BCUT2D eigenvalue weighted by atomic mass is 15.2. The van der Waals surface area contributed by atoms with Crippen molar-refractivity contribution in [3.63, 3.8) is 0 Å². The Morgan fingerprint density at radius 1 is 1.19 bits per heavy atom. The zero-order chi connectivity index (χ0) is 15.1. The largest absolute Gasteiger partial charge is 0.313 e. The number of nitrogens with one attached hydrogen (secondary N) is 1. The van der Waals surface area contributed by atoms with Crippen molar-refractivity contribution in [1.29, 1.82) is 0 Å². The Bertz CT molecular complexity index is 399. The first-order valence-electron chi connectivity index (χ1n) is 8.72. The van der Waals surface area contributed by atoms with E-state index in [0.717, 1.165) is 6.04 Å². The lowest BCUT2D eigenvalue weighted by molar-refractivity contribution is 0.185. The predicted molar refractivity (Wildman–Crippen MR) is 91.7 cm³/mol. The molecule has 0 spiro atoms. The van der Waals surface area contributed by atoms with E-state index in [-0.39, 0.29) is 0 Å². The van der Waals surface area contributed by atoms with Gasteiger partial charge in [-0.15, -0.1) is 0 Å². The van der Waals surface area contributed by atoms with Crippen LogP contribution in [0.2, 0.25) is 0 Å². The summed E-state index contributed by atoms with van der Waals surface area (Å²) in [4.78, 5) is 2.74. The van der Waals surface area contributed by atoms with Crippen molar-refractivity contribution in [3.8, 4) is 0 Å². The van der Waals surface area contributed by atoms with Gasteiger partial charge in [0.15, 0.2) is 0 Å². The van der Waals surface area contributed by atoms with Crippen LogP contribution in [0.5, 0.6) is 0 Å². The summed E-state index contributed by atoms with van der Waals surface area (Å²) in [6, 6.07) is 10.3. The first-order valence-corrected chi connectivity index (χ1v) is 8.72. The van der Waals surface area contributed by atoms with Gasteiger partial charge in [0, 0.05) is 18.6 Å². The molecule has 0 aliphatic carbocycles. The van der Waals surface area contributed by atoms with Crippen LogP contribution in [0.25, 0.3) is 0 Å². The van der Waals surface area contributed by atoms with Crippen molar-refractivity contribution >= 4 is 0 Å². The van der Waals surface area contributed by atoms with E-state index < -0.39 is 0 Å². The van der Waals surface area contributed by atoms with Gasteiger partial charge < -0.3 is 10.2 Å². The quantitative estimate of drug-likeness (QED) is 0.839. The molecule has 0 aromatic heterocycles. The van der Waals surface area contributed by atoms with Gasteiger partial charge >= 0.3 is 0 Å². The second kappa shape index (κ2) is 8.55. The van der Waals surface area contributed by atoms with E-state index in [9.17, 15) is 0 Å². The smallest absolute Gasteiger partial charge is 0.0329 e. The fourth-order valence-electron chi connectivity index (χ4n) is 3.56. The summed E-state index contributed by atoms with van der Waals surface area (Å²) in [5.74, 6) is 0. The normalized spacial score (nSPS) is 22.0. The summed E-state index contributed by atoms with van der Waals surface area (Å²) < 4.78 is 0. The molecule has 1 fully saturated rings. The van der Waals surface area contributed by atoms with Gasteiger partial charge in [0.2, 0.25) is 0 Å². The summed E-state index contributed by atoms with van der Waals surface area (Å²) in [6.45, 7) is 7.01. The number of benzene rings is 1. The van der Waals surface area contributed by atoms with E-state index in [4.69, 9.17) is 0 Å². The van der Waals surface area contributed by atoms with Crippen LogP contribution in [0.3, 0.4) is 0 Å². The molecule has 0 amide bonds. The molecule has 2 unspecified atom stereocenters. The standard InChI is InChI=1S/C19H32N2/c1-4-18-8-6-5-7-14-21(18)15-13-19(20-3)17-11-9-16(2)10-12-17/h9-12,18-20H,4-8,13-15H2,1-3H3. The van der Waals surface area contributed by atoms with Crippen LogP contribution in [0.15, 0.2) is 24.3 Å². The van der Waals surface area contributed by atoms with E-state index in [1.807, 2.05) is 0 Å².